The van der Waals surface area contributed by atoms with Gasteiger partial charge in [-0.15, -0.1) is 0 Å². The molecule has 0 aliphatic carbocycles. The van der Waals surface area contributed by atoms with Gasteiger partial charge in [-0.05, 0) is 12.8 Å². The van der Waals surface area contributed by atoms with Crippen LogP contribution in [0.4, 0.5) is 52.7 Å². The molecule has 0 bridgehead atoms. The Kier molecular flexibility index (Phi) is 8.53. The fourth-order valence-electron chi connectivity index (χ4n) is 1.41. The molecule has 0 aliphatic rings. The second kappa shape index (κ2) is 7.96. The predicted octanol–water partition coefficient (Wildman–Crippen LogP) is 1.10. The maximum atomic E-state index is 13.1. The zero-order valence-electron chi connectivity index (χ0n) is 12.4. The molecule has 0 saturated heterocycles. The van der Waals surface area contributed by atoms with Gasteiger partial charge in [0.05, 0.1) is 0 Å². The summed E-state index contributed by atoms with van der Waals surface area (Å²) in [6.07, 6.45) is -15.2. The van der Waals surface area contributed by atoms with Gasteiger partial charge in [-0.25, -0.2) is 12.8 Å². The van der Waals surface area contributed by atoms with Crippen LogP contribution in [0.1, 0.15) is 19.3 Å². The first kappa shape index (κ1) is 27.9. The first-order valence-corrected chi connectivity index (χ1v) is 7.21. The summed E-state index contributed by atoms with van der Waals surface area (Å²) in [5.74, 6) is -21.7. The summed E-state index contributed by atoms with van der Waals surface area (Å²) in [6.45, 7) is 0. The predicted molar refractivity (Wildman–Crippen MR) is 54.3 cm³/mol. The van der Waals surface area contributed by atoms with Crippen LogP contribution in [0.5, 0.6) is 0 Å². The van der Waals surface area contributed by atoms with Crippen molar-refractivity contribution in [3.63, 3.8) is 0 Å². The summed E-state index contributed by atoms with van der Waals surface area (Å²) in [6, 6.07) is 0. The van der Waals surface area contributed by atoms with Crippen molar-refractivity contribution in [1.82, 2.24) is 0 Å². The molecular weight excluding hydrogens is 423 g/mol. The molecule has 152 valence electrons. The molecule has 1 atom stereocenters. The Hall–Kier alpha value is -0.333. The molecule has 0 fully saturated rings. The van der Waals surface area contributed by atoms with Gasteiger partial charge in [0.15, 0.2) is 16.3 Å². The summed E-state index contributed by atoms with van der Waals surface area (Å²) in [7, 11) is -7.58. The molecule has 3 nitrogen and oxygen atoms in total. The molecule has 0 heterocycles. The SMILES string of the molecule is O=S(=O)([O-])C(F)(F)C(F)(F)C(F)(F)C(F)(F)C(F)CCCC(F)(F)F.[Li+]. The normalized spacial score (nSPS) is 16.2. The molecule has 0 aromatic carbocycles. The third kappa shape index (κ3) is 5.13. The van der Waals surface area contributed by atoms with Crippen LogP contribution < -0.4 is 18.9 Å². The van der Waals surface area contributed by atoms with E-state index in [4.69, 9.17) is 0 Å². The van der Waals surface area contributed by atoms with Crippen molar-refractivity contribution in [2.75, 3.05) is 0 Å². The van der Waals surface area contributed by atoms with Gasteiger partial charge in [-0.3, -0.25) is 0 Å². The fourth-order valence-corrected chi connectivity index (χ4v) is 1.85. The van der Waals surface area contributed by atoms with Gasteiger partial charge in [0.1, 0.15) is 0 Å². The minimum absolute atomic E-state index is 0. The standard InChI is InChI=1S/C9H8F12O3S.Li/c10-4(2-1-3-5(11,12)13)6(14,15)7(16,17)8(18,19)9(20,21)25(22,23)24;/h4H,1-3H2,(H,22,23,24);/q;+1/p-1. The van der Waals surface area contributed by atoms with Crippen LogP contribution >= 0.6 is 0 Å². The Morgan fingerprint density at radius 1 is 0.808 bits per heavy atom. The summed E-state index contributed by atoms with van der Waals surface area (Å²) in [4.78, 5) is 0. The van der Waals surface area contributed by atoms with Crippen molar-refractivity contribution in [1.29, 1.82) is 0 Å². The Morgan fingerprint density at radius 3 is 1.50 bits per heavy atom. The van der Waals surface area contributed by atoms with E-state index in [2.05, 4.69) is 0 Å². The molecule has 0 N–H and O–H groups in total. The fraction of sp³-hybridized carbons (Fsp3) is 1.00. The Bertz CT molecular complexity index is 573. The zero-order chi connectivity index (χ0) is 20.7. The first-order valence-electron chi connectivity index (χ1n) is 5.80. The van der Waals surface area contributed by atoms with Crippen LogP contribution in [0.15, 0.2) is 0 Å². The smallest absolute Gasteiger partial charge is 0.743 e. The Morgan fingerprint density at radius 2 is 1.19 bits per heavy atom. The molecule has 0 aromatic rings. The van der Waals surface area contributed by atoms with Crippen molar-refractivity contribution in [2.24, 2.45) is 0 Å². The molecule has 0 amide bonds. The first-order chi connectivity index (χ1) is 10.6. The average Bonchev–Trinajstić information content (AvgIpc) is 2.34. The molecule has 0 aromatic heterocycles. The maximum absolute atomic E-state index is 13.1. The van der Waals surface area contributed by atoms with Gasteiger partial charge < -0.3 is 4.55 Å². The largest absolute Gasteiger partial charge is 1.00 e. The molecule has 0 aliphatic heterocycles. The van der Waals surface area contributed by atoms with Crippen LogP contribution in [-0.4, -0.2) is 48.3 Å². The van der Waals surface area contributed by atoms with E-state index in [-0.39, 0.29) is 18.9 Å². The number of rotatable bonds is 8. The van der Waals surface area contributed by atoms with Gasteiger partial charge in [0.2, 0.25) is 0 Å². The number of hydrogen-bond donors (Lipinski definition) is 0. The molecule has 0 saturated carbocycles. The van der Waals surface area contributed by atoms with Crippen molar-refractivity contribution in [3.8, 4) is 0 Å². The molecule has 17 heteroatoms. The number of halogens is 12. The van der Waals surface area contributed by atoms with E-state index in [1.165, 1.54) is 0 Å². The molecule has 26 heavy (non-hydrogen) atoms. The average molecular weight is 430 g/mol. The summed E-state index contributed by atoms with van der Waals surface area (Å²) < 4.78 is 182. The molecule has 0 spiro atoms. The molecular formula is C9H7F12LiO3S. The third-order valence-corrected chi connectivity index (χ3v) is 3.69. The van der Waals surface area contributed by atoms with E-state index in [0.29, 0.717) is 0 Å². The number of hydrogen-bond acceptors (Lipinski definition) is 3. The van der Waals surface area contributed by atoms with Crippen molar-refractivity contribution in [3.05, 3.63) is 0 Å². The topological polar surface area (TPSA) is 57.2 Å². The van der Waals surface area contributed by atoms with Crippen molar-refractivity contribution in [2.45, 2.75) is 54.6 Å². The summed E-state index contributed by atoms with van der Waals surface area (Å²) in [5, 5.41) is -7.25. The Balaban J connectivity index is 0. The van der Waals surface area contributed by atoms with E-state index >= 15 is 0 Å². The minimum Gasteiger partial charge on any atom is -0.743 e. The second-order valence-electron chi connectivity index (χ2n) is 4.72. The van der Waals surface area contributed by atoms with Gasteiger partial charge >= 0.3 is 48.1 Å². The van der Waals surface area contributed by atoms with E-state index in [0.717, 1.165) is 0 Å². The summed E-state index contributed by atoms with van der Waals surface area (Å²) >= 11 is 0. The van der Waals surface area contributed by atoms with Crippen LogP contribution in [0.25, 0.3) is 0 Å². The monoisotopic (exact) mass is 430 g/mol. The third-order valence-electron chi connectivity index (χ3n) is 2.80. The van der Waals surface area contributed by atoms with E-state index in [1.807, 2.05) is 0 Å². The Labute approximate surface area is 150 Å². The van der Waals surface area contributed by atoms with Crippen LogP contribution in [0.3, 0.4) is 0 Å². The van der Waals surface area contributed by atoms with Crippen LogP contribution in [0.2, 0.25) is 0 Å². The number of alkyl halides is 12. The minimum atomic E-state index is -7.58. The second-order valence-corrected chi connectivity index (χ2v) is 6.14. The quantitative estimate of drug-likeness (QED) is 0.330. The maximum Gasteiger partial charge on any atom is 1.00 e. The van der Waals surface area contributed by atoms with Gasteiger partial charge in [0.25, 0.3) is 0 Å². The van der Waals surface area contributed by atoms with Gasteiger partial charge in [0, 0.05) is 6.42 Å². The van der Waals surface area contributed by atoms with Gasteiger partial charge in [-0.1, -0.05) is 0 Å². The van der Waals surface area contributed by atoms with Crippen molar-refractivity contribution < 1.29 is 84.5 Å². The molecule has 0 radical (unpaired) electrons. The zero-order valence-corrected chi connectivity index (χ0v) is 13.2. The summed E-state index contributed by atoms with van der Waals surface area (Å²) in [5.41, 5.74) is 0. The van der Waals surface area contributed by atoms with Crippen molar-refractivity contribution >= 4 is 10.1 Å². The van der Waals surface area contributed by atoms with E-state index in [9.17, 15) is 65.7 Å². The van der Waals surface area contributed by atoms with E-state index in [1.54, 1.807) is 0 Å². The van der Waals surface area contributed by atoms with E-state index < -0.39 is 64.8 Å². The molecule has 0 rings (SSSR count). The van der Waals surface area contributed by atoms with Gasteiger partial charge in [-0.2, -0.15) is 48.3 Å². The van der Waals surface area contributed by atoms with Crippen LogP contribution in [-0.2, 0) is 10.1 Å². The molecule has 1 unspecified atom stereocenters. The van der Waals surface area contributed by atoms with Crippen LogP contribution in [0, 0.1) is 0 Å².